The van der Waals surface area contributed by atoms with E-state index in [-0.39, 0.29) is 11.9 Å². The highest BCUT2D eigenvalue weighted by Crippen LogP contribution is 2.21. The molecule has 0 spiro atoms. The molecule has 1 aliphatic rings. The average molecular weight is 278 g/mol. The van der Waals surface area contributed by atoms with E-state index in [0.29, 0.717) is 24.0 Å². The van der Waals surface area contributed by atoms with E-state index in [0.717, 1.165) is 25.9 Å². The van der Waals surface area contributed by atoms with Crippen LogP contribution in [0.15, 0.2) is 12.1 Å². The van der Waals surface area contributed by atoms with Crippen molar-refractivity contribution < 1.29 is 9.53 Å². The lowest BCUT2D eigenvalue weighted by atomic mass is 10.3. The van der Waals surface area contributed by atoms with Crippen molar-refractivity contribution in [2.75, 3.05) is 30.7 Å². The van der Waals surface area contributed by atoms with Crippen molar-refractivity contribution in [3.63, 3.8) is 0 Å². The molecule has 1 aromatic rings. The first-order chi connectivity index (χ1) is 9.61. The van der Waals surface area contributed by atoms with Crippen LogP contribution in [-0.4, -0.2) is 41.5 Å². The minimum Gasteiger partial charge on any atom is -0.476 e. The summed E-state index contributed by atoms with van der Waals surface area (Å²) in [6.45, 7) is 5.93. The van der Waals surface area contributed by atoms with Gasteiger partial charge in [-0.2, -0.15) is 4.98 Å². The molecule has 0 saturated carbocycles. The van der Waals surface area contributed by atoms with Crippen LogP contribution in [0.2, 0.25) is 0 Å². The molecule has 2 heterocycles. The summed E-state index contributed by atoms with van der Waals surface area (Å²) in [7, 11) is 0. The van der Waals surface area contributed by atoms with E-state index in [1.54, 1.807) is 12.1 Å². The van der Waals surface area contributed by atoms with Gasteiger partial charge in [0.2, 0.25) is 11.8 Å². The Morgan fingerprint density at radius 2 is 2.20 bits per heavy atom. The first kappa shape index (κ1) is 14.4. The molecule has 20 heavy (non-hydrogen) atoms. The summed E-state index contributed by atoms with van der Waals surface area (Å²) >= 11 is 0. The van der Waals surface area contributed by atoms with Gasteiger partial charge < -0.3 is 20.7 Å². The Morgan fingerprint density at radius 1 is 1.50 bits per heavy atom. The minimum absolute atomic E-state index is 0.110. The van der Waals surface area contributed by atoms with Gasteiger partial charge in [-0.25, -0.2) is 0 Å². The Kier molecular flexibility index (Phi) is 4.65. The molecule has 3 N–H and O–H groups in total. The Hall–Kier alpha value is -1.98. The van der Waals surface area contributed by atoms with Gasteiger partial charge in [-0.05, 0) is 38.8 Å². The maximum absolute atomic E-state index is 12.2. The molecule has 0 aromatic carbocycles. The van der Waals surface area contributed by atoms with E-state index in [1.165, 1.54) is 0 Å². The number of hydrogen-bond donors (Lipinski definition) is 2. The number of likely N-dealkylation sites (tertiary alicyclic amines) is 1. The Labute approximate surface area is 119 Å². The number of ether oxygens (including phenoxy) is 1. The van der Waals surface area contributed by atoms with Crippen LogP contribution in [-0.2, 0) is 4.79 Å². The normalized spacial score (nSPS) is 16.0. The quantitative estimate of drug-likeness (QED) is 0.853. The van der Waals surface area contributed by atoms with Gasteiger partial charge in [0.05, 0.1) is 12.3 Å². The van der Waals surface area contributed by atoms with Gasteiger partial charge in [0.25, 0.3) is 0 Å². The summed E-state index contributed by atoms with van der Waals surface area (Å²) in [5.41, 5.74) is 6.27. The number of carbonyl (C=O) groups excluding carboxylic acids is 1. The van der Waals surface area contributed by atoms with Gasteiger partial charge in [0, 0.05) is 13.1 Å². The van der Waals surface area contributed by atoms with Crippen LogP contribution >= 0.6 is 0 Å². The van der Waals surface area contributed by atoms with Crippen LogP contribution in [0, 0.1) is 0 Å². The summed E-state index contributed by atoms with van der Waals surface area (Å²) in [4.78, 5) is 18.4. The van der Waals surface area contributed by atoms with Crippen LogP contribution in [0.25, 0.3) is 0 Å². The van der Waals surface area contributed by atoms with E-state index in [9.17, 15) is 4.79 Å². The number of amides is 1. The van der Waals surface area contributed by atoms with E-state index in [1.807, 2.05) is 18.7 Å². The lowest BCUT2D eigenvalue weighted by Gasteiger charge is -2.21. The third kappa shape index (κ3) is 3.31. The maximum atomic E-state index is 12.2. The number of nitrogen functional groups attached to an aromatic ring is 1. The topological polar surface area (TPSA) is 80.5 Å². The zero-order valence-corrected chi connectivity index (χ0v) is 12.1. The lowest BCUT2D eigenvalue weighted by Crippen LogP contribution is -2.39. The van der Waals surface area contributed by atoms with Crippen LogP contribution in [0.5, 0.6) is 5.88 Å². The lowest BCUT2D eigenvalue weighted by molar-refractivity contribution is -0.130. The number of nitrogens with two attached hydrogens (primary N) is 1. The predicted molar refractivity (Wildman–Crippen MR) is 78.7 cm³/mol. The molecule has 1 fully saturated rings. The SMILES string of the molecule is CCOc1nc(NC(C)C(=O)N2CCCC2)ccc1N. The molecule has 1 amide bonds. The summed E-state index contributed by atoms with van der Waals surface area (Å²) in [5.74, 6) is 1.11. The van der Waals surface area contributed by atoms with Crippen molar-refractivity contribution in [2.24, 2.45) is 0 Å². The number of aromatic nitrogens is 1. The van der Waals surface area contributed by atoms with Gasteiger partial charge in [-0.1, -0.05) is 0 Å². The molecule has 6 heteroatoms. The Morgan fingerprint density at radius 3 is 2.85 bits per heavy atom. The number of hydrogen-bond acceptors (Lipinski definition) is 5. The highest BCUT2D eigenvalue weighted by Gasteiger charge is 2.23. The highest BCUT2D eigenvalue weighted by atomic mass is 16.5. The molecule has 1 aromatic heterocycles. The molecule has 1 atom stereocenters. The molecule has 2 rings (SSSR count). The van der Waals surface area contributed by atoms with Crippen LogP contribution in [0.3, 0.4) is 0 Å². The standard InChI is InChI=1S/C14H22N4O2/c1-3-20-13-11(15)6-7-12(17-13)16-10(2)14(19)18-8-4-5-9-18/h6-7,10H,3-5,8-9,15H2,1-2H3,(H,16,17). The van der Waals surface area contributed by atoms with Crippen molar-refractivity contribution in [3.05, 3.63) is 12.1 Å². The van der Waals surface area contributed by atoms with E-state index in [4.69, 9.17) is 10.5 Å². The molecule has 6 nitrogen and oxygen atoms in total. The van der Waals surface area contributed by atoms with Crippen LogP contribution in [0.4, 0.5) is 11.5 Å². The smallest absolute Gasteiger partial charge is 0.244 e. The molecule has 0 bridgehead atoms. The van der Waals surface area contributed by atoms with E-state index < -0.39 is 0 Å². The number of nitrogens with one attached hydrogen (secondary N) is 1. The van der Waals surface area contributed by atoms with Crippen molar-refractivity contribution in [1.29, 1.82) is 0 Å². The Bertz CT molecular complexity index is 472. The minimum atomic E-state index is -0.307. The molecule has 0 aliphatic carbocycles. The van der Waals surface area contributed by atoms with Gasteiger partial charge in [0.15, 0.2) is 0 Å². The molecule has 0 radical (unpaired) electrons. The number of pyridine rings is 1. The number of anilines is 2. The zero-order valence-electron chi connectivity index (χ0n) is 12.1. The largest absolute Gasteiger partial charge is 0.476 e. The Balaban J connectivity index is 2.01. The summed E-state index contributed by atoms with van der Waals surface area (Å²) < 4.78 is 5.35. The third-order valence-corrected chi connectivity index (χ3v) is 3.32. The van der Waals surface area contributed by atoms with Gasteiger partial charge in [-0.3, -0.25) is 4.79 Å². The van der Waals surface area contributed by atoms with Crippen LogP contribution in [0.1, 0.15) is 26.7 Å². The average Bonchev–Trinajstić information content (AvgIpc) is 2.96. The van der Waals surface area contributed by atoms with Crippen molar-refractivity contribution in [1.82, 2.24) is 9.88 Å². The fourth-order valence-corrected chi connectivity index (χ4v) is 2.28. The first-order valence-electron chi connectivity index (χ1n) is 7.06. The molecular formula is C14H22N4O2. The second kappa shape index (κ2) is 6.45. The van der Waals surface area contributed by atoms with Crippen molar-refractivity contribution >= 4 is 17.4 Å². The highest BCUT2D eigenvalue weighted by molar-refractivity contribution is 5.84. The monoisotopic (exact) mass is 278 g/mol. The zero-order chi connectivity index (χ0) is 14.5. The first-order valence-corrected chi connectivity index (χ1v) is 7.06. The van der Waals surface area contributed by atoms with E-state index >= 15 is 0 Å². The van der Waals surface area contributed by atoms with Crippen molar-refractivity contribution in [2.45, 2.75) is 32.7 Å². The second-order valence-electron chi connectivity index (χ2n) is 4.92. The molecule has 1 saturated heterocycles. The van der Waals surface area contributed by atoms with Gasteiger partial charge in [0.1, 0.15) is 11.9 Å². The molecule has 1 unspecified atom stereocenters. The predicted octanol–water partition coefficient (Wildman–Crippen LogP) is 1.49. The van der Waals surface area contributed by atoms with E-state index in [2.05, 4.69) is 10.3 Å². The molecule has 1 aliphatic heterocycles. The summed E-state index contributed by atoms with van der Waals surface area (Å²) in [6.07, 6.45) is 2.18. The third-order valence-electron chi connectivity index (χ3n) is 3.32. The summed E-state index contributed by atoms with van der Waals surface area (Å²) in [5, 5.41) is 3.11. The maximum Gasteiger partial charge on any atom is 0.244 e. The number of rotatable bonds is 5. The number of carbonyl (C=O) groups is 1. The fraction of sp³-hybridized carbons (Fsp3) is 0.571. The molecular weight excluding hydrogens is 256 g/mol. The van der Waals surface area contributed by atoms with Crippen LogP contribution < -0.4 is 15.8 Å². The van der Waals surface area contributed by atoms with Crippen molar-refractivity contribution in [3.8, 4) is 5.88 Å². The molecule has 110 valence electrons. The fourth-order valence-electron chi connectivity index (χ4n) is 2.28. The summed E-state index contributed by atoms with van der Waals surface area (Å²) in [6, 6.07) is 3.18. The second-order valence-corrected chi connectivity index (χ2v) is 4.92. The van der Waals surface area contributed by atoms with Gasteiger partial charge >= 0.3 is 0 Å². The van der Waals surface area contributed by atoms with Gasteiger partial charge in [-0.15, -0.1) is 0 Å². The number of nitrogens with zero attached hydrogens (tertiary/aromatic N) is 2.